The van der Waals surface area contributed by atoms with Gasteiger partial charge in [-0.15, -0.1) is 0 Å². The fraction of sp³-hybridized carbons (Fsp3) is 0.542. The van der Waals surface area contributed by atoms with Gasteiger partial charge in [0.25, 0.3) is 0 Å². The van der Waals surface area contributed by atoms with Crippen molar-refractivity contribution in [1.29, 1.82) is 5.26 Å². The first-order valence-corrected chi connectivity index (χ1v) is 11.6. The molecule has 3 atom stereocenters. The van der Waals surface area contributed by atoms with Crippen LogP contribution in [0.4, 0.5) is 13.2 Å². The topological polar surface area (TPSA) is 69.2 Å². The van der Waals surface area contributed by atoms with Crippen molar-refractivity contribution in [3.63, 3.8) is 0 Å². The van der Waals surface area contributed by atoms with E-state index in [-0.39, 0.29) is 5.92 Å². The predicted molar refractivity (Wildman–Crippen MR) is 117 cm³/mol. The number of nitriles is 1. The lowest BCUT2D eigenvalue weighted by Gasteiger charge is -2.32. The maximum absolute atomic E-state index is 13.5. The van der Waals surface area contributed by atoms with Crippen molar-refractivity contribution in [3.05, 3.63) is 53.3 Å². The first-order valence-electron chi connectivity index (χ1n) is 11.6. The van der Waals surface area contributed by atoms with Crippen LogP contribution >= 0.6 is 0 Å². The third-order valence-corrected chi connectivity index (χ3v) is 7.27. The zero-order valence-corrected chi connectivity index (χ0v) is 18.3. The number of nitrogens with zero attached hydrogens (tertiary/aromatic N) is 5. The van der Waals surface area contributed by atoms with E-state index in [0.717, 1.165) is 37.1 Å². The summed E-state index contributed by atoms with van der Waals surface area (Å²) in [7, 11) is 0. The number of hydrogen-bond donors (Lipinski definition) is 1. The molecular weight excluding hydrogens is 429 g/mol. The molecular formula is C24H27F3N6. The lowest BCUT2D eigenvalue weighted by molar-refractivity contribution is -0.138. The molecule has 0 radical (unpaired) electrons. The summed E-state index contributed by atoms with van der Waals surface area (Å²) in [5.41, 5.74) is 0.469. The molecule has 1 N–H and O–H groups in total. The third kappa shape index (κ3) is 4.49. The Kier molecular flexibility index (Phi) is 5.87. The number of likely N-dealkylation sites (tertiary alicyclic amines) is 1. The molecule has 174 valence electrons. The molecule has 1 saturated carbocycles. The number of aliphatic imine (C=N–C) groups is 1. The number of nitrogens with one attached hydrogen (secondary N) is 1. The van der Waals surface area contributed by atoms with E-state index in [1.54, 1.807) is 18.3 Å². The van der Waals surface area contributed by atoms with Gasteiger partial charge in [-0.25, -0.2) is 0 Å². The van der Waals surface area contributed by atoms with Gasteiger partial charge in [-0.1, -0.05) is 18.2 Å². The Bertz CT molecular complexity index is 1060. The molecule has 9 heteroatoms. The van der Waals surface area contributed by atoms with Gasteiger partial charge < -0.3 is 10.2 Å². The van der Waals surface area contributed by atoms with Gasteiger partial charge in [0.15, 0.2) is 5.84 Å². The Morgan fingerprint density at radius 1 is 1.18 bits per heavy atom. The average molecular weight is 457 g/mol. The van der Waals surface area contributed by atoms with E-state index in [4.69, 9.17) is 0 Å². The fourth-order valence-corrected chi connectivity index (χ4v) is 5.52. The minimum atomic E-state index is -4.39. The molecule has 2 saturated heterocycles. The Balaban J connectivity index is 1.36. The summed E-state index contributed by atoms with van der Waals surface area (Å²) in [4.78, 5) is 5.98. The second-order valence-corrected chi connectivity index (χ2v) is 9.32. The number of piperidine rings is 1. The van der Waals surface area contributed by atoms with Gasteiger partial charge >= 0.3 is 6.18 Å². The van der Waals surface area contributed by atoms with E-state index < -0.39 is 11.7 Å². The second kappa shape index (κ2) is 8.82. The van der Waals surface area contributed by atoms with Crippen LogP contribution < -0.4 is 5.32 Å². The summed E-state index contributed by atoms with van der Waals surface area (Å²) < 4.78 is 42.6. The molecule has 0 spiro atoms. The standard InChI is InChI=1S/C24H27F3N6/c25-24(26,27)21-4-2-1-3-19(21)17-8-10-32(13-17)23(30-15-28)18-11-31-33(14-18)22-7-9-29-12-20(22)16-5-6-16/h1-4,11,14,16-17,20,22,29H,5-10,12-13H2. The smallest absolute Gasteiger partial charge is 0.355 e. The number of benzene rings is 1. The summed E-state index contributed by atoms with van der Waals surface area (Å²) in [6, 6.07) is 6.09. The molecule has 5 rings (SSSR count). The Labute approximate surface area is 191 Å². The predicted octanol–water partition coefficient (Wildman–Crippen LogP) is 4.18. The van der Waals surface area contributed by atoms with Crippen molar-refractivity contribution in [2.24, 2.45) is 16.8 Å². The summed E-state index contributed by atoms with van der Waals surface area (Å²) in [5.74, 6) is 1.52. The monoisotopic (exact) mass is 456 g/mol. The highest BCUT2D eigenvalue weighted by Gasteiger charge is 2.40. The molecule has 3 aliphatic rings. The maximum Gasteiger partial charge on any atom is 0.416 e. The van der Waals surface area contributed by atoms with E-state index in [0.29, 0.717) is 42.9 Å². The minimum absolute atomic E-state index is 0.273. The minimum Gasteiger partial charge on any atom is -0.355 e. The molecule has 0 amide bonds. The summed E-state index contributed by atoms with van der Waals surface area (Å²) >= 11 is 0. The first kappa shape index (κ1) is 22.0. The van der Waals surface area contributed by atoms with E-state index in [1.165, 1.54) is 18.9 Å². The van der Waals surface area contributed by atoms with Gasteiger partial charge in [-0.05, 0) is 55.7 Å². The normalized spacial score (nSPS) is 26.4. The van der Waals surface area contributed by atoms with Gasteiger partial charge in [-0.3, -0.25) is 4.68 Å². The van der Waals surface area contributed by atoms with Crippen LogP contribution in [0.15, 0.2) is 41.7 Å². The summed E-state index contributed by atoms with van der Waals surface area (Å²) in [5, 5.41) is 17.4. The summed E-state index contributed by atoms with van der Waals surface area (Å²) in [6.07, 6.45) is 5.30. The molecule has 1 aliphatic carbocycles. The number of aromatic nitrogens is 2. The maximum atomic E-state index is 13.5. The van der Waals surface area contributed by atoms with Crippen molar-refractivity contribution in [3.8, 4) is 6.19 Å². The van der Waals surface area contributed by atoms with Crippen molar-refractivity contribution >= 4 is 5.84 Å². The Morgan fingerprint density at radius 2 is 2.00 bits per heavy atom. The molecule has 1 aromatic heterocycles. The van der Waals surface area contributed by atoms with Crippen LogP contribution in [-0.4, -0.2) is 46.7 Å². The molecule has 33 heavy (non-hydrogen) atoms. The van der Waals surface area contributed by atoms with Crippen LogP contribution in [0.3, 0.4) is 0 Å². The average Bonchev–Trinajstić information content (AvgIpc) is 3.34. The highest BCUT2D eigenvalue weighted by Crippen LogP contribution is 2.44. The molecule has 1 aromatic carbocycles. The number of hydrogen-bond acceptors (Lipinski definition) is 4. The third-order valence-electron chi connectivity index (χ3n) is 7.27. The van der Waals surface area contributed by atoms with Crippen LogP contribution in [0, 0.1) is 23.3 Å². The van der Waals surface area contributed by atoms with E-state index in [9.17, 15) is 18.4 Å². The quantitative estimate of drug-likeness (QED) is 0.426. The van der Waals surface area contributed by atoms with Crippen LogP contribution in [0.25, 0.3) is 0 Å². The Hall–Kier alpha value is -2.86. The molecule has 2 aliphatic heterocycles. The van der Waals surface area contributed by atoms with Gasteiger partial charge in [0, 0.05) is 31.7 Å². The largest absolute Gasteiger partial charge is 0.416 e. The first-order chi connectivity index (χ1) is 16.0. The lowest BCUT2D eigenvalue weighted by Crippen LogP contribution is -2.39. The lowest BCUT2D eigenvalue weighted by atomic mass is 9.89. The van der Waals surface area contributed by atoms with Crippen molar-refractivity contribution in [2.75, 3.05) is 26.2 Å². The van der Waals surface area contributed by atoms with Gasteiger partial charge in [0.05, 0.1) is 23.4 Å². The van der Waals surface area contributed by atoms with Crippen LogP contribution in [0.1, 0.15) is 54.3 Å². The van der Waals surface area contributed by atoms with Gasteiger partial charge in [0.1, 0.15) is 0 Å². The molecule has 3 heterocycles. The highest BCUT2D eigenvalue weighted by molar-refractivity contribution is 5.99. The SMILES string of the molecule is N#CN=C(c1cnn(C2CCNCC2C2CC2)c1)N1CCC(c2ccccc2C(F)(F)F)C1. The van der Waals surface area contributed by atoms with E-state index in [1.807, 2.05) is 22.0 Å². The van der Waals surface area contributed by atoms with Crippen LogP contribution in [0.2, 0.25) is 0 Å². The highest BCUT2D eigenvalue weighted by atomic mass is 19.4. The van der Waals surface area contributed by atoms with Crippen molar-refractivity contribution in [2.45, 2.75) is 43.8 Å². The molecule has 0 bridgehead atoms. The Morgan fingerprint density at radius 3 is 2.76 bits per heavy atom. The molecule has 6 nitrogen and oxygen atoms in total. The zero-order valence-electron chi connectivity index (χ0n) is 18.3. The van der Waals surface area contributed by atoms with Crippen molar-refractivity contribution < 1.29 is 13.2 Å². The molecule has 3 fully saturated rings. The van der Waals surface area contributed by atoms with Crippen LogP contribution in [-0.2, 0) is 6.18 Å². The molecule has 3 unspecified atom stereocenters. The van der Waals surface area contributed by atoms with Gasteiger partial charge in [0.2, 0.25) is 6.19 Å². The zero-order chi connectivity index (χ0) is 23.0. The number of amidine groups is 1. The van der Waals surface area contributed by atoms with Crippen molar-refractivity contribution in [1.82, 2.24) is 20.0 Å². The number of halogens is 3. The fourth-order valence-electron chi connectivity index (χ4n) is 5.52. The van der Waals surface area contributed by atoms with Gasteiger partial charge in [-0.2, -0.15) is 28.5 Å². The second-order valence-electron chi connectivity index (χ2n) is 9.32. The van der Waals surface area contributed by atoms with E-state index in [2.05, 4.69) is 15.4 Å². The van der Waals surface area contributed by atoms with Crippen LogP contribution in [0.5, 0.6) is 0 Å². The van der Waals surface area contributed by atoms with E-state index >= 15 is 0 Å². The number of rotatable bonds is 4. The molecule has 2 aromatic rings. The summed E-state index contributed by atoms with van der Waals surface area (Å²) in [6.45, 7) is 2.88. The number of alkyl halides is 3.